The molecule has 0 bridgehead atoms. The quantitative estimate of drug-likeness (QED) is 0.696. The third-order valence-corrected chi connectivity index (χ3v) is 4.72. The van der Waals surface area contributed by atoms with E-state index in [-0.39, 0.29) is 5.91 Å². The molecule has 1 atom stereocenters. The highest BCUT2D eigenvalue weighted by Crippen LogP contribution is 2.28. The molecule has 1 saturated carbocycles. The van der Waals surface area contributed by atoms with Gasteiger partial charge in [0.25, 0.3) is 0 Å². The summed E-state index contributed by atoms with van der Waals surface area (Å²) < 4.78 is 0. The lowest BCUT2D eigenvalue weighted by atomic mass is 10.0. The molecular formula is C16H30N2O. The largest absolute Gasteiger partial charge is 0.356 e. The third-order valence-electron chi connectivity index (χ3n) is 4.72. The van der Waals surface area contributed by atoms with Crippen LogP contribution in [0.2, 0.25) is 0 Å². The predicted octanol–water partition coefficient (Wildman–Crippen LogP) is 3.00. The van der Waals surface area contributed by atoms with Crippen molar-refractivity contribution >= 4 is 5.91 Å². The lowest BCUT2D eigenvalue weighted by molar-refractivity contribution is -0.121. The van der Waals surface area contributed by atoms with Crippen molar-refractivity contribution in [1.82, 2.24) is 10.6 Å². The molecule has 0 aromatic rings. The van der Waals surface area contributed by atoms with Gasteiger partial charge in [0, 0.05) is 19.0 Å². The van der Waals surface area contributed by atoms with E-state index in [4.69, 9.17) is 0 Å². The van der Waals surface area contributed by atoms with Gasteiger partial charge in [-0.2, -0.15) is 0 Å². The Labute approximate surface area is 117 Å². The highest BCUT2D eigenvalue weighted by atomic mass is 16.1. The van der Waals surface area contributed by atoms with Gasteiger partial charge in [0.05, 0.1) is 0 Å². The maximum Gasteiger partial charge on any atom is 0.220 e. The van der Waals surface area contributed by atoms with Crippen molar-refractivity contribution in [3.8, 4) is 0 Å². The van der Waals surface area contributed by atoms with E-state index in [0.717, 1.165) is 31.8 Å². The van der Waals surface area contributed by atoms with E-state index in [0.29, 0.717) is 12.5 Å². The van der Waals surface area contributed by atoms with Crippen LogP contribution in [-0.4, -0.2) is 25.0 Å². The molecule has 2 aliphatic rings. The number of carbonyl (C=O) groups is 1. The topological polar surface area (TPSA) is 41.1 Å². The van der Waals surface area contributed by atoms with E-state index in [2.05, 4.69) is 10.6 Å². The number of hydrogen-bond donors (Lipinski definition) is 2. The molecule has 1 aliphatic carbocycles. The smallest absolute Gasteiger partial charge is 0.220 e. The van der Waals surface area contributed by atoms with Crippen molar-refractivity contribution in [3.05, 3.63) is 0 Å². The predicted molar refractivity (Wildman–Crippen MR) is 79.1 cm³/mol. The minimum Gasteiger partial charge on any atom is -0.356 e. The zero-order chi connectivity index (χ0) is 13.3. The average Bonchev–Trinajstić information content (AvgIpc) is 2.96. The van der Waals surface area contributed by atoms with E-state index in [9.17, 15) is 4.79 Å². The molecule has 2 fully saturated rings. The van der Waals surface area contributed by atoms with Crippen LogP contribution in [0, 0.1) is 5.92 Å². The minimum absolute atomic E-state index is 0.249. The summed E-state index contributed by atoms with van der Waals surface area (Å²) in [5, 5.41) is 6.58. The lowest BCUT2D eigenvalue weighted by Gasteiger charge is -2.23. The molecule has 0 radical (unpaired) electrons. The van der Waals surface area contributed by atoms with Gasteiger partial charge in [-0.3, -0.25) is 4.79 Å². The summed E-state index contributed by atoms with van der Waals surface area (Å²) in [6, 6.07) is 0.581. The van der Waals surface area contributed by atoms with Gasteiger partial charge in [0.2, 0.25) is 5.91 Å². The second-order valence-corrected chi connectivity index (χ2v) is 6.33. The second-order valence-electron chi connectivity index (χ2n) is 6.33. The summed E-state index contributed by atoms with van der Waals surface area (Å²) in [4.78, 5) is 11.7. The van der Waals surface area contributed by atoms with Crippen LogP contribution in [0.1, 0.15) is 70.6 Å². The van der Waals surface area contributed by atoms with E-state index in [1.807, 2.05) is 0 Å². The molecule has 110 valence electrons. The van der Waals surface area contributed by atoms with E-state index in [1.54, 1.807) is 0 Å². The van der Waals surface area contributed by atoms with E-state index < -0.39 is 0 Å². The van der Waals surface area contributed by atoms with Gasteiger partial charge in [-0.05, 0) is 44.6 Å². The molecule has 2 N–H and O–H groups in total. The normalized spacial score (nSPS) is 24.5. The molecule has 19 heavy (non-hydrogen) atoms. The van der Waals surface area contributed by atoms with Crippen molar-refractivity contribution in [3.63, 3.8) is 0 Å². The van der Waals surface area contributed by atoms with Crippen LogP contribution in [0.5, 0.6) is 0 Å². The maximum absolute atomic E-state index is 11.7. The van der Waals surface area contributed by atoms with Gasteiger partial charge >= 0.3 is 0 Å². The van der Waals surface area contributed by atoms with Crippen LogP contribution in [0.25, 0.3) is 0 Å². The third kappa shape index (κ3) is 5.94. The fourth-order valence-electron chi connectivity index (χ4n) is 3.48. The molecular weight excluding hydrogens is 236 g/mol. The number of hydrogen-bond acceptors (Lipinski definition) is 2. The Bertz CT molecular complexity index is 255. The Morgan fingerprint density at radius 2 is 1.84 bits per heavy atom. The summed E-state index contributed by atoms with van der Waals surface area (Å²) in [7, 11) is 0. The van der Waals surface area contributed by atoms with E-state index in [1.165, 1.54) is 51.4 Å². The maximum atomic E-state index is 11.7. The zero-order valence-corrected chi connectivity index (χ0v) is 12.3. The van der Waals surface area contributed by atoms with E-state index >= 15 is 0 Å². The summed E-state index contributed by atoms with van der Waals surface area (Å²) in [6.45, 7) is 2.01. The van der Waals surface area contributed by atoms with Crippen molar-refractivity contribution in [2.24, 2.45) is 5.92 Å². The monoisotopic (exact) mass is 266 g/mol. The minimum atomic E-state index is 0.249. The van der Waals surface area contributed by atoms with Crippen LogP contribution in [0.15, 0.2) is 0 Å². The molecule has 0 aromatic carbocycles. The summed E-state index contributed by atoms with van der Waals surface area (Å²) >= 11 is 0. The Hall–Kier alpha value is -0.570. The molecule has 3 nitrogen and oxygen atoms in total. The van der Waals surface area contributed by atoms with Gasteiger partial charge in [0.1, 0.15) is 0 Å². The average molecular weight is 266 g/mol. The van der Waals surface area contributed by atoms with Gasteiger partial charge in [-0.15, -0.1) is 0 Å². The SMILES string of the molecule is O=C(CCC1CCCCN1)NCCCC1CCCC1. The molecule has 1 amide bonds. The van der Waals surface area contributed by atoms with Crippen LogP contribution in [0.4, 0.5) is 0 Å². The fourth-order valence-corrected chi connectivity index (χ4v) is 3.48. The number of rotatable bonds is 7. The Balaban J connectivity index is 1.45. The number of amides is 1. The molecule has 2 rings (SSSR count). The fraction of sp³-hybridized carbons (Fsp3) is 0.938. The molecule has 1 aliphatic heterocycles. The standard InChI is InChI=1S/C16H30N2O/c19-16(11-10-15-9-3-4-12-17-15)18-13-5-8-14-6-1-2-7-14/h14-15,17H,1-13H2,(H,18,19). The zero-order valence-electron chi connectivity index (χ0n) is 12.3. The first-order valence-corrected chi connectivity index (χ1v) is 8.34. The molecule has 1 saturated heterocycles. The first-order chi connectivity index (χ1) is 9.34. The molecule has 0 aromatic heterocycles. The number of nitrogens with one attached hydrogen (secondary N) is 2. The molecule has 3 heteroatoms. The van der Waals surface area contributed by atoms with Crippen molar-refractivity contribution in [1.29, 1.82) is 0 Å². The van der Waals surface area contributed by atoms with Gasteiger partial charge < -0.3 is 10.6 Å². The Morgan fingerprint density at radius 1 is 1.05 bits per heavy atom. The van der Waals surface area contributed by atoms with Gasteiger partial charge in [0.15, 0.2) is 0 Å². The number of piperidine rings is 1. The highest BCUT2D eigenvalue weighted by Gasteiger charge is 2.15. The Morgan fingerprint density at radius 3 is 2.58 bits per heavy atom. The first-order valence-electron chi connectivity index (χ1n) is 8.34. The number of carbonyl (C=O) groups excluding carboxylic acids is 1. The first kappa shape index (κ1) is 14.8. The summed E-state index contributed by atoms with van der Waals surface area (Å²) in [5.41, 5.74) is 0. The van der Waals surface area contributed by atoms with Crippen LogP contribution >= 0.6 is 0 Å². The summed E-state index contributed by atoms with van der Waals surface area (Å²) in [6.07, 6.45) is 13.7. The van der Waals surface area contributed by atoms with Crippen LogP contribution < -0.4 is 10.6 Å². The van der Waals surface area contributed by atoms with Crippen molar-refractivity contribution < 1.29 is 4.79 Å². The van der Waals surface area contributed by atoms with Crippen LogP contribution in [0.3, 0.4) is 0 Å². The summed E-state index contributed by atoms with van der Waals surface area (Å²) in [5.74, 6) is 1.20. The second kappa shape index (κ2) is 8.57. The highest BCUT2D eigenvalue weighted by molar-refractivity contribution is 5.75. The van der Waals surface area contributed by atoms with Gasteiger partial charge in [-0.1, -0.05) is 32.1 Å². The van der Waals surface area contributed by atoms with Crippen LogP contribution in [-0.2, 0) is 4.79 Å². The lowest BCUT2D eigenvalue weighted by Crippen LogP contribution is -2.35. The van der Waals surface area contributed by atoms with Crippen molar-refractivity contribution in [2.45, 2.75) is 76.7 Å². The Kier molecular flexibility index (Phi) is 6.69. The molecule has 1 unspecified atom stereocenters. The van der Waals surface area contributed by atoms with Crippen molar-refractivity contribution in [2.75, 3.05) is 13.1 Å². The molecule has 0 spiro atoms. The van der Waals surface area contributed by atoms with Gasteiger partial charge in [-0.25, -0.2) is 0 Å². The molecule has 1 heterocycles.